The van der Waals surface area contributed by atoms with Gasteiger partial charge in [0.2, 0.25) is 5.91 Å². The van der Waals surface area contributed by atoms with Gasteiger partial charge in [0, 0.05) is 29.1 Å². The van der Waals surface area contributed by atoms with Crippen LogP contribution in [0, 0.1) is 6.92 Å². The zero-order chi connectivity index (χ0) is 24.0. The lowest BCUT2D eigenvalue weighted by molar-refractivity contribution is 0.0731. The number of amides is 2. The number of aryl methyl sites for hydroxylation is 1. The van der Waals surface area contributed by atoms with Gasteiger partial charge in [0.05, 0.1) is 27.7 Å². The molecule has 0 spiro atoms. The van der Waals surface area contributed by atoms with Crippen LogP contribution >= 0.6 is 11.3 Å². The van der Waals surface area contributed by atoms with Gasteiger partial charge >= 0.3 is 0 Å². The van der Waals surface area contributed by atoms with E-state index in [2.05, 4.69) is 38.0 Å². The van der Waals surface area contributed by atoms with Gasteiger partial charge < -0.3 is 10.6 Å². The van der Waals surface area contributed by atoms with Gasteiger partial charge in [0.25, 0.3) is 5.91 Å². The largest absolute Gasteiger partial charge is 0.366 e. The van der Waals surface area contributed by atoms with E-state index in [9.17, 15) is 9.59 Å². The molecular formula is C26H27N5O2S. The Hall–Kier alpha value is -3.52. The van der Waals surface area contributed by atoms with E-state index >= 15 is 0 Å². The van der Waals surface area contributed by atoms with Gasteiger partial charge in [0.15, 0.2) is 5.65 Å². The van der Waals surface area contributed by atoms with Gasteiger partial charge in [0.1, 0.15) is 0 Å². The first-order valence-corrected chi connectivity index (χ1v) is 12.3. The molecule has 8 heteroatoms. The summed E-state index contributed by atoms with van der Waals surface area (Å²) in [6.07, 6.45) is 3.73. The second-order valence-electron chi connectivity index (χ2n) is 9.11. The zero-order valence-corrected chi connectivity index (χ0v) is 20.3. The quantitative estimate of drug-likeness (QED) is 0.411. The van der Waals surface area contributed by atoms with Crippen molar-refractivity contribution in [3.63, 3.8) is 0 Å². The van der Waals surface area contributed by atoms with Crippen LogP contribution in [0.2, 0.25) is 0 Å². The molecule has 3 aromatic heterocycles. The van der Waals surface area contributed by atoms with Gasteiger partial charge in [-0.05, 0) is 69.5 Å². The summed E-state index contributed by atoms with van der Waals surface area (Å²) in [7, 11) is 0. The van der Waals surface area contributed by atoms with Crippen molar-refractivity contribution >= 4 is 34.2 Å². The Kier molecular flexibility index (Phi) is 5.69. The number of fused-ring (bicyclic) bond motifs is 1. The van der Waals surface area contributed by atoms with Gasteiger partial charge in [-0.15, -0.1) is 11.3 Å². The van der Waals surface area contributed by atoms with E-state index in [0.29, 0.717) is 17.7 Å². The first kappa shape index (κ1) is 22.3. The zero-order valence-electron chi connectivity index (χ0n) is 19.5. The summed E-state index contributed by atoms with van der Waals surface area (Å²) in [6.45, 7) is 6.65. The van der Waals surface area contributed by atoms with Crippen molar-refractivity contribution in [1.82, 2.24) is 19.7 Å². The molecule has 0 radical (unpaired) electrons. The van der Waals surface area contributed by atoms with Gasteiger partial charge in [-0.2, -0.15) is 5.10 Å². The van der Waals surface area contributed by atoms with Crippen molar-refractivity contribution in [3.8, 4) is 10.6 Å². The summed E-state index contributed by atoms with van der Waals surface area (Å²) in [5.41, 5.74) is 8.93. The number of benzene rings is 1. The van der Waals surface area contributed by atoms with Crippen LogP contribution in [0.15, 0.2) is 48.7 Å². The van der Waals surface area contributed by atoms with Crippen LogP contribution < -0.4 is 5.73 Å². The van der Waals surface area contributed by atoms with E-state index in [1.54, 1.807) is 29.7 Å². The van der Waals surface area contributed by atoms with Gasteiger partial charge in [-0.1, -0.05) is 12.1 Å². The van der Waals surface area contributed by atoms with E-state index in [-0.39, 0.29) is 18.0 Å². The van der Waals surface area contributed by atoms with Crippen molar-refractivity contribution < 1.29 is 9.59 Å². The number of aromatic nitrogens is 3. The number of hydrogen-bond acceptors (Lipinski definition) is 5. The minimum Gasteiger partial charge on any atom is -0.366 e. The average Bonchev–Trinajstić information content (AvgIpc) is 3.41. The topological polar surface area (TPSA) is 94.1 Å². The highest BCUT2D eigenvalue weighted by Gasteiger charge is 2.34. The number of hydrogen-bond donors (Lipinski definition) is 1. The monoisotopic (exact) mass is 473 g/mol. The van der Waals surface area contributed by atoms with Crippen molar-refractivity contribution in [3.05, 3.63) is 70.2 Å². The Morgan fingerprint density at radius 1 is 1.18 bits per heavy atom. The first-order valence-electron chi connectivity index (χ1n) is 11.5. The number of carbonyl (C=O) groups excluding carboxylic acids is 2. The predicted octanol–water partition coefficient (Wildman–Crippen LogP) is 4.95. The van der Waals surface area contributed by atoms with E-state index < -0.39 is 5.91 Å². The molecular weight excluding hydrogens is 446 g/mol. The Morgan fingerprint density at radius 3 is 2.50 bits per heavy atom. The van der Waals surface area contributed by atoms with Crippen LogP contribution in [0.4, 0.5) is 0 Å². The number of thiophene rings is 1. The molecule has 0 atom stereocenters. The molecule has 0 bridgehead atoms. The third kappa shape index (κ3) is 4.21. The molecule has 2 amide bonds. The fourth-order valence-electron chi connectivity index (χ4n) is 4.15. The summed E-state index contributed by atoms with van der Waals surface area (Å²) in [4.78, 5) is 34.5. The van der Waals surface area contributed by atoms with Crippen LogP contribution in [-0.4, -0.2) is 37.5 Å². The van der Waals surface area contributed by atoms with Crippen molar-refractivity contribution in [2.75, 3.05) is 0 Å². The van der Waals surface area contributed by atoms with Gasteiger partial charge in [-0.3, -0.25) is 9.59 Å². The number of primary amides is 1. The summed E-state index contributed by atoms with van der Waals surface area (Å²) in [6, 6.07) is 13.5. The number of nitrogens with two attached hydrogens (primary N) is 1. The molecule has 34 heavy (non-hydrogen) atoms. The SMILES string of the molecule is Cc1ccc(-c2cc(C(=O)N(Cc3ccc(C(N)=O)cc3)C3CC3)c3cnn(C(C)C)c3n2)s1. The highest BCUT2D eigenvalue weighted by molar-refractivity contribution is 7.15. The summed E-state index contributed by atoms with van der Waals surface area (Å²) in [5.74, 6) is -0.480. The second-order valence-corrected chi connectivity index (χ2v) is 10.4. The molecule has 1 saturated carbocycles. The van der Waals surface area contributed by atoms with E-state index in [0.717, 1.165) is 40.0 Å². The lowest BCUT2D eigenvalue weighted by atomic mass is 10.1. The minimum atomic E-state index is -0.459. The molecule has 0 unspecified atom stereocenters. The maximum atomic E-state index is 14.0. The summed E-state index contributed by atoms with van der Waals surface area (Å²) < 4.78 is 1.88. The third-order valence-corrected chi connectivity index (χ3v) is 7.14. The molecule has 1 fully saturated rings. The lowest BCUT2D eigenvalue weighted by Crippen LogP contribution is -2.32. The number of rotatable bonds is 7. The Balaban J connectivity index is 1.57. The maximum absolute atomic E-state index is 14.0. The highest BCUT2D eigenvalue weighted by Crippen LogP contribution is 2.34. The standard InChI is InChI=1S/C26H27N5O2S/c1-15(2)31-25-21(13-28-31)20(12-22(29-25)23-11-4-16(3)34-23)26(33)30(19-9-10-19)14-17-5-7-18(8-6-17)24(27)32/h4-8,11-13,15,19H,9-10,14H2,1-3H3,(H2,27,32). The molecule has 4 aromatic rings. The Bertz CT molecular complexity index is 1380. The van der Waals surface area contributed by atoms with Crippen LogP contribution in [0.25, 0.3) is 21.6 Å². The minimum absolute atomic E-state index is 0.0216. The fraction of sp³-hybridized carbons (Fsp3) is 0.308. The molecule has 174 valence electrons. The number of carbonyl (C=O) groups is 2. The second kappa shape index (κ2) is 8.68. The summed E-state index contributed by atoms with van der Waals surface area (Å²) in [5, 5.41) is 5.32. The molecule has 1 aliphatic carbocycles. The highest BCUT2D eigenvalue weighted by atomic mass is 32.1. The molecule has 2 N–H and O–H groups in total. The number of nitrogens with zero attached hydrogens (tertiary/aromatic N) is 4. The first-order chi connectivity index (χ1) is 16.3. The average molecular weight is 474 g/mol. The molecule has 1 aliphatic rings. The lowest BCUT2D eigenvalue weighted by Gasteiger charge is -2.23. The smallest absolute Gasteiger partial charge is 0.255 e. The normalized spacial score (nSPS) is 13.5. The Morgan fingerprint density at radius 2 is 1.91 bits per heavy atom. The van der Waals surface area contributed by atoms with Crippen LogP contribution in [0.1, 0.15) is 63.9 Å². The Labute approximate surface area is 202 Å². The van der Waals surface area contributed by atoms with Crippen LogP contribution in [-0.2, 0) is 6.54 Å². The van der Waals surface area contributed by atoms with Crippen molar-refractivity contribution in [1.29, 1.82) is 0 Å². The van der Waals surface area contributed by atoms with Crippen molar-refractivity contribution in [2.24, 2.45) is 5.73 Å². The number of pyridine rings is 1. The molecule has 7 nitrogen and oxygen atoms in total. The van der Waals surface area contributed by atoms with Crippen LogP contribution in [0.5, 0.6) is 0 Å². The third-order valence-electron chi connectivity index (χ3n) is 6.12. The van der Waals surface area contributed by atoms with Crippen LogP contribution in [0.3, 0.4) is 0 Å². The fourth-order valence-corrected chi connectivity index (χ4v) is 4.98. The molecule has 0 saturated heterocycles. The van der Waals surface area contributed by atoms with E-state index in [1.165, 1.54) is 4.88 Å². The summed E-state index contributed by atoms with van der Waals surface area (Å²) >= 11 is 1.67. The maximum Gasteiger partial charge on any atom is 0.255 e. The van der Waals surface area contributed by atoms with Crippen molar-refractivity contribution in [2.45, 2.75) is 52.2 Å². The molecule has 3 heterocycles. The van der Waals surface area contributed by atoms with Gasteiger partial charge in [-0.25, -0.2) is 9.67 Å². The van der Waals surface area contributed by atoms with E-state index in [1.807, 2.05) is 27.8 Å². The molecule has 1 aromatic carbocycles. The molecule has 5 rings (SSSR count). The predicted molar refractivity (Wildman–Crippen MR) is 134 cm³/mol. The van der Waals surface area contributed by atoms with E-state index in [4.69, 9.17) is 10.7 Å². The molecule has 0 aliphatic heterocycles.